The predicted molar refractivity (Wildman–Crippen MR) is 197 cm³/mol. The summed E-state index contributed by atoms with van der Waals surface area (Å²) in [6, 6.07) is 31.4. The van der Waals surface area contributed by atoms with Crippen molar-refractivity contribution in [3.8, 4) is 0 Å². The molecule has 5 rings (SSSR count). The molecule has 0 bridgehead atoms. The fourth-order valence-corrected chi connectivity index (χ4v) is 5.67. The molecule has 13 nitrogen and oxygen atoms in total. The molecule has 2 N–H and O–H groups in total. The van der Waals surface area contributed by atoms with Crippen LogP contribution in [0.25, 0.3) is 0 Å². The van der Waals surface area contributed by atoms with Crippen LogP contribution in [0.3, 0.4) is 0 Å². The highest BCUT2D eigenvalue weighted by atomic mass is 32.1. The molecule has 1 aliphatic rings. The number of esters is 5. The number of carbonyl (C=O) groups is 5. The van der Waals surface area contributed by atoms with E-state index in [1.165, 1.54) is 43.3 Å². The molecule has 0 unspecified atom stereocenters. The lowest BCUT2D eigenvalue weighted by molar-refractivity contribution is -0.144. The first-order chi connectivity index (χ1) is 26.1. The largest absolute Gasteiger partial charge is 0.464 e. The van der Waals surface area contributed by atoms with E-state index in [4.69, 9.17) is 40.6 Å². The van der Waals surface area contributed by atoms with Crippen LogP contribution < -0.4 is 10.6 Å². The second kappa shape index (κ2) is 19.1. The maximum atomic E-state index is 13.7. The average Bonchev–Trinajstić information content (AvgIpc) is 3.52. The molecule has 0 aliphatic carbocycles. The van der Waals surface area contributed by atoms with E-state index < -0.39 is 73.1 Å². The maximum absolute atomic E-state index is 13.7. The molecular formula is C40H38N2O11S. The predicted octanol–water partition coefficient (Wildman–Crippen LogP) is 4.66. The summed E-state index contributed by atoms with van der Waals surface area (Å²) in [6.07, 6.45) is -7.17. The molecule has 54 heavy (non-hydrogen) atoms. The van der Waals surface area contributed by atoms with Gasteiger partial charge in [0.1, 0.15) is 18.8 Å². The average molecular weight is 755 g/mol. The second-order valence-electron chi connectivity index (χ2n) is 11.9. The number of rotatable bonds is 14. The molecule has 4 aromatic carbocycles. The summed E-state index contributed by atoms with van der Waals surface area (Å²) in [6.45, 7) is 2.77. The maximum Gasteiger partial charge on any atom is 0.338 e. The normalized spacial score (nSPS) is 18.6. The number of nitrogens with one attached hydrogen (secondary N) is 2. The first kappa shape index (κ1) is 39.1. The highest BCUT2D eigenvalue weighted by Gasteiger charge is 2.54. The van der Waals surface area contributed by atoms with E-state index in [1.807, 2.05) is 0 Å². The summed E-state index contributed by atoms with van der Waals surface area (Å²) < 4.78 is 35.0. The van der Waals surface area contributed by atoms with Crippen molar-refractivity contribution >= 4 is 47.2 Å². The van der Waals surface area contributed by atoms with Gasteiger partial charge >= 0.3 is 29.8 Å². The minimum atomic E-state index is -1.49. The van der Waals surface area contributed by atoms with Gasteiger partial charge < -0.3 is 39.1 Å². The minimum absolute atomic E-state index is 0.108. The van der Waals surface area contributed by atoms with Crippen LogP contribution in [-0.2, 0) is 33.2 Å². The molecule has 6 atom stereocenters. The van der Waals surface area contributed by atoms with E-state index >= 15 is 0 Å². The standard InChI is InChI=1S/C40H38N2O11S/c1-3-48-35(43)25(2)41-40(54)42-34-33(53-39(47)29-22-14-7-15-23-29)32(52-38(46)28-20-12-6-13-21-28)31(51-34)30(50-37(45)27-18-10-5-11-19-27)24-49-36(44)26-16-8-4-9-17-26/h4-23,25,30-34H,3,24H2,1-2H3,(H2,41,42,54)/t25-,30+,31-,32-,33+,34+/m0/s1. The van der Waals surface area contributed by atoms with Crippen LogP contribution in [0.15, 0.2) is 121 Å². The smallest absolute Gasteiger partial charge is 0.338 e. The monoisotopic (exact) mass is 754 g/mol. The molecule has 14 heteroatoms. The van der Waals surface area contributed by atoms with Crippen molar-refractivity contribution in [1.29, 1.82) is 0 Å². The molecule has 0 amide bonds. The zero-order chi connectivity index (χ0) is 38.5. The first-order valence-electron chi connectivity index (χ1n) is 17.0. The van der Waals surface area contributed by atoms with Crippen molar-refractivity contribution in [2.24, 2.45) is 0 Å². The third-order valence-electron chi connectivity index (χ3n) is 8.04. The summed E-state index contributed by atoms with van der Waals surface area (Å²) in [5.41, 5.74) is 0.738. The molecule has 4 aromatic rings. The summed E-state index contributed by atoms with van der Waals surface area (Å²) in [4.78, 5) is 66.2. The Kier molecular flexibility index (Phi) is 13.8. The molecule has 1 saturated heterocycles. The van der Waals surface area contributed by atoms with E-state index in [2.05, 4.69) is 10.6 Å². The summed E-state index contributed by atoms with van der Waals surface area (Å²) in [7, 11) is 0. The second-order valence-corrected chi connectivity index (χ2v) is 12.3. The van der Waals surface area contributed by atoms with Gasteiger partial charge in [-0.15, -0.1) is 0 Å². The van der Waals surface area contributed by atoms with Crippen molar-refractivity contribution in [2.75, 3.05) is 13.2 Å². The quantitative estimate of drug-likeness (QED) is 0.104. The van der Waals surface area contributed by atoms with Crippen molar-refractivity contribution in [3.05, 3.63) is 144 Å². The summed E-state index contributed by atoms with van der Waals surface area (Å²) >= 11 is 5.50. The number of hydrogen-bond acceptors (Lipinski definition) is 12. The number of benzene rings is 4. The third kappa shape index (κ3) is 10.5. The Labute approximate surface area is 316 Å². The highest BCUT2D eigenvalue weighted by Crippen LogP contribution is 2.31. The Morgan fingerprint density at radius 2 is 1.09 bits per heavy atom. The Morgan fingerprint density at radius 3 is 1.57 bits per heavy atom. The van der Waals surface area contributed by atoms with Gasteiger partial charge in [-0.1, -0.05) is 72.8 Å². The van der Waals surface area contributed by atoms with Crippen LogP contribution in [0.2, 0.25) is 0 Å². The van der Waals surface area contributed by atoms with Gasteiger partial charge in [-0.05, 0) is 74.6 Å². The highest BCUT2D eigenvalue weighted by molar-refractivity contribution is 7.80. The third-order valence-corrected chi connectivity index (χ3v) is 8.27. The molecular weight excluding hydrogens is 717 g/mol. The molecule has 0 radical (unpaired) electrons. The molecule has 1 fully saturated rings. The zero-order valence-corrected chi connectivity index (χ0v) is 30.1. The van der Waals surface area contributed by atoms with Crippen molar-refractivity contribution in [2.45, 2.75) is 50.5 Å². The summed E-state index contributed by atoms with van der Waals surface area (Å²) in [5, 5.41) is 5.58. The number of carbonyl (C=O) groups excluding carboxylic acids is 5. The van der Waals surface area contributed by atoms with E-state index in [0.717, 1.165) is 0 Å². The Bertz CT molecular complexity index is 1900. The van der Waals surface area contributed by atoms with Crippen molar-refractivity contribution in [1.82, 2.24) is 10.6 Å². The molecule has 0 spiro atoms. The molecule has 1 heterocycles. The minimum Gasteiger partial charge on any atom is -0.464 e. The van der Waals surface area contributed by atoms with E-state index in [0.29, 0.717) is 0 Å². The molecule has 280 valence electrons. The number of ether oxygens (including phenoxy) is 6. The van der Waals surface area contributed by atoms with Gasteiger partial charge in [0.05, 0.1) is 28.9 Å². The Hall–Kier alpha value is -6.12. The molecule has 0 saturated carbocycles. The lowest BCUT2D eigenvalue weighted by Gasteiger charge is -2.28. The van der Waals surface area contributed by atoms with Gasteiger partial charge in [-0.3, -0.25) is 0 Å². The fraction of sp³-hybridized carbons (Fsp3) is 0.250. The van der Waals surface area contributed by atoms with Crippen molar-refractivity contribution in [3.63, 3.8) is 0 Å². The van der Waals surface area contributed by atoms with E-state index in [1.54, 1.807) is 91.9 Å². The molecule has 0 aromatic heterocycles. The van der Waals surface area contributed by atoms with E-state index in [9.17, 15) is 24.0 Å². The Morgan fingerprint density at radius 1 is 0.648 bits per heavy atom. The Balaban J connectivity index is 1.52. The molecule has 1 aliphatic heterocycles. The van der Waals surface area contributed by atoms with Crippen LogP contribution in [0.4, 0.5) is 0 Å². The van der Waals surface area contributed by atoms with Gasteiger partial charge in [-0.25, -0.2) is 24.0 Å². The SMILES string of the molecule is CCOC(=O)[C@H](C)NC(=S)N[C@@H]1O[C@@H]([C@@H](COC(=O)c2ccccc2)OC(=O)c2ccccc2)[C@H](OC(=O)c2ccccc2)[C@H]1OC(=O)c1ccccc1. The van der Waals surface area contributed by atoms with Crippen LogP contribution >= 0.6 is 12.2 Å². The van der Waals surface area contributed by atoms with Crippen molar-refractivity contribution < 1.29 is 52.4 Å². The van der Waals surface area contributed by atoms with Crippen LogP contribution in [0.5, 0.6) is 0 Å². The van der Waals surface area contributed by atoms with Gasteiger partial charge in [-0.2, -0.15) is 0 Å². The fourth-order valence-electron chi connectivity index (χ4n) is 5.38. The summed E-state index contributed by atoms with van der Waals surface area (Å²) in [5.74, 6) is -3.73. The van der Waals surface area contributed by atoms with Crippen LogP contribution in [0, 0.1) is 0 Å². The first-order valence-corrected chi connectivity index (χ1v) is 17.4. The van der Waals surface area contributed by atoms with E-state index in [-0.39, 0.29) is 34.0 Å². The lowest BCUT2D eigenvalue weighted by atomic mass is 10.0. The van der Waals surface area contributed by atoms with Crippen LogP contribution in [0.1, 0.15) is 55.3 Å². The van der Waals surface area contributed by atoms with Gasteiger partial charge in [0.15, 0.2) is 29.7 Å². The topological polar surface area (TPSA) is 165 Å². The van der Waals surface area contributed by atoms with Gasteiger partial charge in [0.25, 0.3) is 0 Å². The lowest BCUT2D eigenvalue weighted by Crippen LogP contribution is -2.52. The van der Waals surface area contributed by atoms with Gasteiger partial charge in [0, 0.05) is 0 Å². The zero-order valence-electron chi connectivity index (χ0n) is 29.3. The van der Waals surface area contributed by atoms with Gasteiger partial charge in [0.2, 0.25) is 0 Å². The number of hydrogen-bond donors (Lipinski definition) is 2. The number of thiocarbonyl (C=S) groups is 1. The van der Waals surface area contributed by atoms with Crippen LogP contribution in [-0.4, -0.2) is 84.9 Å².